The molecule has 0 unspecified atom stereocenters. The van der Waals surface area contributed by atoms with Crippen molar-refractivity contribution in [1.29, 1.82) is 0 Å². The van der Waals surface area contributed by atoms with E-state index >= 15 is 0 Å². The molecule has 13 N–H and O–H groups in total. The van der Waals surface area contributed by atoms with Gasteiger partial charge in [0, 0.05) is 19.5 Å². The van der Waals surface area contributed by atoms with Crippen LogP contribution in [0.15, 0.2) is 65.7 Å². The average molecular weight is 837 g/mol. The summed E-state index contributed by atoms with van der Waals surface area (Å²) in [7, 11) is 0. The molecule has 0 saturated carbocycles. The summed E-state index contributed by atoms with van der Waals surface area (Å²) in [6.45, 7) is 4.51. The number of nitrogens with one attached hydrogen (secondary N) is 5. The third kappa shape index (κ3) is 15.6. The molecule has 1 saturated heterocycles. The molecule has 328 valence electrons. The molecular weight excluding hydrogens is 777 g/mol. The molecule has 1 heterocycles. The summed E-state index contributed by atoms with van der Waals surface area (Å²) in [5, 5.41) is 32.6. The first kappa shape index (κ1) is 48.3. The Morgan fingerprint density at radius 1 is 0.750 bits per heavy atom. The molecule has 0 aliphatic carbocycles. The summed E-state index contributed by atoms with van der Waals surface area (Å²) in [6.07, 6.45) is 1.29. The lowest BCUT2D eigenvalue weighted by Crippen LogP contribution is -2.59. The fourth-order valence-corrected chi connectivity index (χ4v) is 6.67. The highest BCUT2D eigenvalue weighted by Crippen LogP contribution is 2.20. The van der Waals surface area contributed by atoms with Gasteiger partial charge in [-0.15, -0.1) is 0 Å². The zero-order chi connectivity index (χ0) is 44.4. The number of aliphatic hydroxyl groups is 1. The van der Waals surface area contributed by atoms with Crippen molar-refractivity contribution < 1.29 is 43.8 Å². The van der Waals surface area contributed by atoms with E-state index in [4.69, 9.17) is 17.2 Å². The highest BCUT2D eigenvalue weighted by Gasteiger charge is 2.39. The van der Waals surface area contributed by atoms with Gasteiger partial charge < -0.3 is 58.9 Å². The van der Waals surface area contributed by atoms with Gasteiger partial charge >= 0.3 is 5.97 Å². The van der Waals surface area contributed by atoms with Crippen molar-refractivity contribution in [2.45, 2.75) is 108 Å². The van der Waals surface area contributed by atoms with Gasteiger partial charge in [0.2, 0.25) is 35.4 Å². The van der Waals surface area contributed by atoms with Crippen molar-refractivity contribution in [2.24, 2.45) is 28.1 Å². The van der Waals surface area contributed by atoms with E-state index in [1.54, 1.807) is 54.6 Å². The number of carboxylic acid groups (broad SMARTS) is 1. The van der Waals surface area contributed by atoms with E-state index in [1.165, 1.54) is 11.8 Å². The number of hydrogen-bond donors (Lipinski definition) is 10. The molecule has 19 heteroatoms. The summed E-state index contributed by atoms with van der Waals surface area (Å²) in [4.78, 5) is 98.2. The largest absolute Gasteiger partial charge is 0.480 e. The maximum Gasteiger partial charge on any atom is 0.326 e. The highest BCUT2D eigenvalue weighted by atomic mass is 16.4. The van der Waals surface area contributed by atoms with Crippen LogP contribution >= 0.6 is 0 Å². The van der Waals surface area contributed by atoms with Crippen molar-refractivity contribution in [2.75, 3.05) is 19.7 Å². The molecule has 0 bridgehead atoms. The fraction of sp³-hybridized carbons (Fsp3) is 0.512. The quantitative estimate of drug-likeness (QED) is 0.0344. The summed E-state index contributed by atoms with van der Waals surface area (Å²) in [5.74, 6) is -5.70. The number of benzene rings is 2. The van der Waals surface area contributed by atoms with Crippen LogP contribution in [0.5, 0.6) is 0 Å². The SMILES string of the molecule is CC(C)C[C@H](NC(=O)[C@H](Cc1ccccc1)NC(=O)[C@H](C)NC(=O)[C@@H]1CCCN1C(=O)[C@H](CCCN=C(N)N)NC(=O)[C@H](CO)NC(=O)[C@@H](N)Cc1ccccc1)C(=O)O. The molecule has 1 aliphatic rings. The lowest BCUT2D eigenvalue weighted by Gasteiger charge is -2.30. The number of aliphatic imine (C=N–C) groups is 1. The van der Waals surface area contributed by atoms with Crippen LogP contribution in [-0.4, -0.2) is 124 Å². The number of nitrogens with zero attached hydrogens (tertiary/aromatic N) is 2. The van der Waals surface area contributed by atoms with Crippen LogP contribution in [0.4, 0.5) is 0 Å². The second kappa shape index (κ2) is 24.1. The van der Waals surface area contributed by atoms with Crippen LogP contribution < -0.4 is 43.8 Å². The lowest BCUT2D eigenvalue weighted by atomic mass is 10.0. The van der Waals surface area contributed by atoms with Gasteiger partial charge in [-0.25, -0.2) is 4.79 Å². The normalized spacial score (nSPS) is 16.6. The minimum Gasteiger partial charge on any atom is -0.480 e. The van der Waals surface area contributed by atoms with Gasteiger partial charge in [-0.1, -0.05) is 74.5 Å². The Labute approximate surface area is 349 Å². The molecule has 6 amide bonds. The van der Waals surface area contributed by atoms with Gasteiger partial charge in [-0.3, -0.25) is 33.8 Å². The van der Waals surface area contributed by atoms with Gasteiger partial charge in [0.15, 0.2) is 5.96 Å². The highest BCUT2D eigenvalue weighted by molar-refractivity contribution is 5.97. The van der Waals surface area contributed by atoms with E-state index in [0.717, 1.165) is 5.56 Å². The number of aliphatic hydroxyl groups excluding tert-OH is 1. The zero-order valence-electron chi connectivity index (χ0n) is 34.3. The molecule has 0 spiro atoms. The number of guanidine groups is 1. The Morgan fingerprint density at radius 3 is 1.87 bits per heavy atom. The Morgan fingerprint density at radius 2 is 1.30 bits per heavy atom. The average Bonchev–Trinajstić information content (AvgIpc) is 3.71. The van der Waals surface area contributed by atoms with E-state index in [0.29, 0.717) is 12.0 Å². The minimum atomic E-state index is -1.46. The van der Waals surface area contributed by atoms with E-state index in [1.807, 2.05) is 19.9 Å². The van der Waals surface area contributed by atoms with Crippen molar-refractivity contribution in [3.05, 3.63) is 71.8 Å². The molecule has 1 aliphatic heterocycles. The van der Waals surface area contributed by atoms with E-state index in [9.17, 15) is 43.8 Å². The summed E-state index contributed by atoms with van der Waals surface area (Å²) < 4.78 is 0. The standard InChI is InChI=1S/C41H60N10O9/c1-24(2)20-31(40(59)60)49-36(55)30(22-27-14-8-5-9-15-27)48-34(53)25(3)46-38(57)33-17-11-19-51(33)39(58)29(16-10-18-45-41(43)44)47-37(56)32(23-52)50-35(54)28(42)21-26-12-6-4-7-13-26/h4-9,12-15,24-25,28-33,52H,10-11,16-23,42H2,1-3H3,(H,46,57)(H,47,56)(H,48,53)(H,49,55)(H,50,54)(H,59,60)(H4,43,44,45)/t25-,28-,29-,30-,31-,32-,33-/m0/s1. The summed E-state index contributed by atoms with van der Waals surface area (Å²) in [6, 6.07) is 9.48. The number of amides is 6. The Bertz CT molecular complexity index is 1790. The third-order valence-electron chi connectivity index (χ3n) is 9.84. The number of aliphatic carboxylic acids is 1. The van der Waals surface area contributed by atoms with Crippen molar-refractivity contribution in [3.8, 4) is 0 Å². The number of carbonyl (C=O) groups excluding carboxylic acids is 6. The predicted molar refractivity (Wildman–Crippen MR) is 222 cm³/mol. The second-order valence-electron chi connectivity index (χ2n) is 15.2. The van der Waals surface area contributed by atoms with Crippen molar-refractivity contribution >= 4 is 47.4 Å². The first-order chi connectivity index (χ1) is 28.5. The van der Waals surface area contributed by atoms with Crippen LogP contribution in [0.3, 0.4) is 0 Å². The zero-order valence-corrected chi connectivity index (χ0v) is 34.3. The number of likely N-dealkylation sites (tertiary alicyclic amines) is 1. The Hall–Kier alpha value is -6.08. The molecule has 7 atom stereocenters. The summed E-state index contributed by atoms with van der Waals surface area (Å²) >= 11 is 0. The Kier molecular flexibility index (Phi) is 19.4. The number of nitrogens with two attached hydrogens (primary N) is 3. The molecule has 0 radical (unpaired) electrons. The van der Waals surface area contributed by atoms with Crippen LogP contribution in [0.1, 0.15) is 64.0 Å². The second-order valence-corrected chi connectivity index (χ2v) is 15.2. The third-order valence-corrected chi connectivity index (χ3v) is 9.84. The van der Waals surface area contributed by atoms with Crippen molar-refractivity contribution in [3.63, 3.8) is 0 Å². The van der Waals surface area contributed by atoms with Crippen LogP contribution in [0, 0.1) is 5.92 Å². The molecule has 1 fully saturated rings. The van der Waals surface area contributed by atoms with E-state index in [2.05, 4.69) is 31.6 Å². The van der Waals surface area contributed by atoms with Gasteiger partial charge in [0.05, 0.1) is 12.6 Å². The number of carbonyl (C=O) groups is 7. The Balaban J connectivity index is 1.72. The maximum absolute atomic E-state index is 14.1. The van der Waals surface area contributed by atoms with Gasteiger partial charge in [-0.2, -0.15) is 0 Å². The lowest BCUT2D eigenvalue weighted by molar-refractivity contribution is -0.143. The topological polar surface area (TPSA) is 314 Å². The van der Waals surface area contributed by atoms with Crippen LogP contribution in [0.2, 0.25) is 0 Å². The molecule has 19 nitrogen and oxygen atoms in total. The molecule has 3 rings (SSSR count). The smallest absolute Gasteiger partial charge is 0.326 e. The van der Waals surface area contributed by atoms with Gasteiger partial charge in [-0.05, 0) is 62.5 Å². The fourth-order valence-electron chi connectivity index (χ4n) is 6.67. The molecule has 2 aromatic rings. The van der Waals surface area contributed by atoms with Gasteiger partial charge in [0.25, 0.3) is 0 Å². The maximum atomic E-state index is 14.1. The van der Waals surface area contributed by atoms with E-state index < -0.39 is 90.3 Å². The van der Waals surface area contributed by atoms with Crippen LogP contribution in [-0.2, 0) is 46.4 Å². The first-order valence-corrected chi connectivity index (χ1v) is 20.0. The molecular formula is C41H60N10O9. The van der Waals surface area contributed by atoms with Crippen LogP contribution in [0.25, 0.3) is 0 Å². The summed E-state index contributed by atoms with van der Waals surface area (Å²) in [5.41, 5.74) is 18.5. The van der Waals surface area contributed by atoms with E-state index in [-0.39, 0.29) is 63.5 Å². The molecule has 60 heavy (non-hydrogen) atoms. The molecule has 0 aromatic heterocycles. The number of rotatable bonds is 23. The van der Waals surface area contributed by atoms with Crippen molar-refractivity contribution in [1.82, 2.24) is 31.5 Å². The number of hydrogen-bond acceptors (Lipinski definition) is 10. The minimum absolute atomic E-state index is 0.0232. The number of carboxylic acids is 1. The monoisotopic (exact) mass is 836 g/mol. The molecule has 2 aromatic carbocycles. The first-order valence-electron chi connectivity index (χ1n) is 20.0. The van der Waals surface area contributed by atoms with Gasteiger partial charge in [0.1, 0.15) is 36.3 Å². The predicted octanol–water partition coefficient (Wildman–Crippen LogP) is -1.59.